The van der Waals surface area contributed by atoms with Crippen molar-refractivity contribution < 1.29 is 32.2 Å². The second kappa shape index (κ2) is 7.01. The molecule has 0 saturated heterocycles. The number of nitrogens with two attached hydrogens (primary N) is 1. The first-order valence-electron chi connectivity index (χ1n) is 6.11. The number of nitrogens with one attached hydrogen (secondary N) is 1. The van der Waals surface area contributed by atoms with E-state index in [2.05, 4.69) is 4.74 Å². The van der Waals surface area contributed by atoms with Gasteiger partial charge in [-0.2, -0.15) is 13.2 Å². The Labute approximate surface area is 124 Å². The molecule has 0 radical (unpaired) electrons. The van der Waals surface area contributed by atoms with E-state index in [1.54, 1.807) is 5.32 Å². The lowest BCUT2D eigenvalue weighted by atomic mass is 10.0. The molecule has 0 saturated carbocycles. The number of amides is 1. The SMILES string of the molecule is COC(=O)c1c(CCNC(=O)C(F)(F)F)ccc(OC)c1N. The summed E-state index contributed by atoms with van der Waals surface area (Å²) in [5.41, 5.74) is 6.14. The predicted octanol–water partition coefficient (Wildman–Crippen LogP) is 1.28. The monoisotopic (exact) mass is 320 g/mol. The van der Waals surface area contributed by atoms with Crippen molar-refractivity contribution in [3.8, 4) is 5.75 Å². The Morgan fingerprint density at radius 2 is 1.91 bits per heavy atom. The fourth-order valence-electron chi connectivity index (χ4n) is 1.79. The number of ether oxygens (including phenoxy) is 2. The molecule has 0 atom stereocenters. The van der Waals surface area contributed by atoms with Gasteiger partial charge in [0.25, 0.3) is 0 Å². The third-order valence-electron chi connectivity index (χ3n) is 2.84. The van der Waals surface area contributed by atoms with Gasteiger partial charge in [-0.3, -0.25) is 4.79 Å². The number of esters is 1. The Kier molecular flexibility index (Phi) is 5.61. The quantitative estimate of drug-likeness (QED) is 0.630. The van der Waals surface area contributed by atoms with E-state index in [4.69, 9.17) is 10.5 Å². The van der Waals surface area contributed by atoms with Gasteiger partial charge in [0.1, 0.15) is 5.75 Å². The van der Waals surface area contributed by atoms with E-state index in [1.165, 1.54) is 19.2 Å². The molecule has 1 aromatic rings. The zero-order valence-corrected chi connectivity index (χ0v) is 11.9. The molecule has 0 aromatic heterocycles. The highest BCUT2D eigenvalue weighted by atomic mass is 19.4. The molecule has 1 amide bonds. The van der Waals surface area contributed by atoms with Crippen LogP contribution in [0.2, 0.25) is 0 Å². The number of rotatable bonds is 5. The van der Waals surface area contributed by atoms with Gasteiger partial charge in [0.05, 0.1) is 25.5 Å². The molecule has 0 unspecified atom stereocenters. The third kappa shape index (κ3) is 4.03. The molecule has 1 rings (SSSR count). The van der Waals surface area contributed by atoms with Crippen LogP contribution in [0.1, 0.15) is 15.9 Å². The highest BCUT2D eigenvalue weighted by Gasteiger charge is 2.38. The summed E-state index contributed by atoms with van der Waals surface area (Å²) in [6.07, 6.45) is -4.98. The molecule has 0 spiro atoms. The normalized spacial score (nSPS) is 11.0. The number of hydrogen-bond acceptors (Lipinski definition) is 5. The molecule has 122 valence electrons. The molecule has 0 heterocycles. The van der Waals surface area contributed by atoms with Crippen LogP contribution in [0, 0.1) is 0 Å². The topological polar surface area (TPSA) is 90.6 Å². The van der Waals surface area contributed by atoms with E-state index >= 15 is 0 Å². The van der Waals surface area contributed by atoms with Crippen LogP contribution in [0.25, 0.3) is 0 Å². The average Bonchev–Trinajstić information content (AvgIpc) is 2.45. The number of halogens is 3. The highest BCUT2D eigenvalue weighted by Crippen LogP contribution is 2.29. The van der Waals surface area contributed by atoms with Crippen molar-refractivity contribution in [2.24, 2.45) is 0 Å². The third-order valence-corrected chi connectivity index (χ3v) is 2.84. The zero-order chi connectivity index (χ0) is 16.9. The molecule has 0 aliphatic carbocycles. The Bertz CT molecular complexity index is 573. The average molecular weight is 320 g/mol. The number of alkyl halides is 3. The summed E-state index contributed by atoms with van der Waals surface area (Å²) in [7, 11) is 2.51. The summed E-state index contributed by atoms with van der Waals surface area (Å²) < 4.78 is 45.8. The van der Waals surface area contributed by atoms with Crippen LogP contribution in [0.5, 0.6) is 5.75 Å². The fraction of sp³-hybridized carbons (Fsp3) is 0.385. The summed E-state index contributed by atoms with van der Waals surface area (Å²) >= 11 is 0. The Morgan fingerprint density at radius 1 is 1.27 bits per heavy atom. The van der Waals surface area contributed by atoms with Gasteiger partial charge in [0, 0.05) is 6.54 Å². The van der Waals surface area contributed by atoms with Crippen molar-refractivity contribution in [3.05, 3.63) is 23.3 Å². The van der Waals surface area contributed by atoms with Crippen LogP contribution in [-0.2, 0) is 16.0 Å². The standard InChI is InChI=1S/C13H15F3N2O4/c1-21-8-4-3-7(9(10(8)17)11(19)22-2)5-6-18-12(20)13(14,15)16/h3-4H,5-6,17H2,1-2H3,(H,18,20). The largest absolute Gasteiger partial charge is 0.495 e. The van der Waals surface area contributed by atoms with E-state index in [-0.39, 0.29) is 30.0 Å². The van der Waals surface area contributed by atoms with Gasteiger partial charge in [-0.25, -0.2) is 4.79 Å². The molecule has 6 nitrogen and oxygen atoms in total. The number of nitrogen functional groups attached to an aromatic ring is 1. The van der Waals surface area contributed by atoms with Crippen LogP contribution in [-0.4, -0.2) is 38.8 Å². The Morgan fingerprint density at radius 3 is 2.41 bits per heavy atom. The van der Waals surface area contributed by atoms with E-state index in [9.17, 15) is 22.8 Å². The van der Waals surface area contributed by atoms with Gasteiger partial charge in [0.15, 0.2) is 0 Å². The van der Waals surface area contributed by atoms with Gasteiger partial charge >= 0.3 is 18.1 Å². The molecule has 0 bridgehead atoms. The lowest BCUT2D eigenvalue weighted by Gasteiger charge is -2.14. The molecule has 9 heteroatoms. The van der Waals surface area contributed by atoms with Crippen molar-refractivity contribution in [3.63, 3.8) is 0 Å². The predicted molar refractivity (Wildman–Crippen MR) is 71.5 cm³/mol. The lowest BCUT2D eigenvalue weighted by molar-refractivity contribution is -0.173. The van der Waals surface area contributed by atoms with Gasteiger partial charge in [0.2, 0.25) is 0 Å². The van der Waals surface area contributed by atoms with Crippen LogP contribution >= 0.6 is 0 Å². The van der Waals surface area contributed by atoms with E-state index < -0.39 is 18.1 Å². The fourth-order valence-corrected chi connectivity index (χ4v) is 1.79. The van der Waals surface area contributed by atoms with Crippen molar-refractivity contribution >= 4 is 17.6 Å². The molecule has 3 N–H and O–H groups in total. The molecule has 22 heavy (non-hydrogen) atoms. The van der Waals surface area contributed by atoms with E-state index in [1.807, 2.05) is 0 Å². The first-order chi connectivity index (χ1) is 10.2. The number of carbonyl (C=O) groups is 2. The minimum atomic E-state index is -4.95. The first kappa shape index (κ1) is 17.6. The number of carbonyl (C=O) groups excluding carboxylic acids is 2. The Balaban J connectivity index is 2.93. The minimum absolute atomic E-state index is 0.00288. The molecular formula is C13H15F3N2O4. The van der Waals surface area contributed by atoms with Crippen LogP contribution in [0.4, 0.5) is 18.9 Å². The minimum Gasteiger partial charge on any atom is -0.495 e. The maximum absolute atomic E-state index is 12.1. The zero-order valence-electron chi connectivity index (χ0n) is 11.9. The van der Waals surface area contributed by atoms with Crippen molar-refractivity contribution in [2.45, 2.75) is 12.6 Å². The van der Waals surface area contributed by atoms with E-state index in [0.717, 1.165) is 7.11 Å². The molecule has 0 fully saturated rings. The molecule has 0 aliphatic heterocycles. The number of benzene rings is 1. The van der Waals surface area contributed by atoms with E-state index in [0.29, 0.717) is 5.56 Å². The number of hydrogen-bond donors (Lipinski definition) is 2. The van der Waals surface area contributed by atoms with Crippen molar-refractivity contribution in [2.75, 3.05) is 26.5 Å². The number of methoxy groups -OCH3 is 2. The molecule has 0 aliphatic rings. The smallest absolute Gasteiger partial charge is 0.471 e. The van der Waals surface area contributed by atoms with Crippen LogP contribution < -0.4 is 15.8 Å². The van der Waals surface area contributed by atoms with Crippen LogP contribution in [0.15, 0.2) is 12.1 Å². The van der Waals surface area contributed by atoms with Gasteiger partial charge in [-0.05, 0) is 18.1 Å². The summed E-state index contributed by atoms with van der Waals surface area (Å²) in [6.45, 7) is -0.311. The van der Waals surface area contributed by atoms with Gasteiger partial charge < -0.3 is 20.5 Å². The second-order valence-corrected chi connectivity index (χ2v) is 4.21. The van der Waals surface area contributed by atoms with Crippen molar-refractivity contribution in [1.82, 2.24) is 5.32 Å². The highest BCUT2D eigenvalue weighted by molar-refractivity contribution is 5.98. The second-order valence-electron chi connectivity index (χ2n) is 4.21. The Hall–Kier alpha value is -2.45. The summed E-state index contributed by atoms with van der Waals surface area (Å²) in [5, 5.41) is 1.72. The molecule has 1 aromatic carbocycles. The first-order valence-corrected chi connectivity index (χ1v) is 6.11. The maximum Gasteiger partial charge on any atom is 0.471 e. The summed E-state index contributed by atoms with van der Waals surface area (Å²) in [4.78, 5) is 22.5. The maximum atomic E-state index is 12.1. The summed E-state index contributed by atoms with van der Waals surface area (Å²) in [5.74, 6) is -2.55. The van der Waals surface area contributed by atoms with Gasteiger partial charge in [-0.15, -0.1) is 0 Å². The number of anilines is 1. The van der Waals surface area contributed by atoms with Gasteiger partial charge in [-0.1, -0.05) is 6.07 Å². The molecular weight excluding hydrogens is 305 g/mol. The van der Waals surface area contributed by atoms with Crippen molar-refractivity contribution in [1.29, 1.82) is 0 Å². The summed E-state index contributed by atoms with van der Waals surface area (Å²) in [6, 6.07) is 2.95. The lowest BCUT2D eigenvalue weighted by Crippen LogP contribution is -2.37. The van der Waals surface area contributed by atoms with Crippen LogP contribution in [0.3, 0.4) is 0 Å².